The zero-order valence-electron chi connectivity index (χ0n) is 12.1. The highest BCUT2D eigenvalue weighted by molar-refractivity contribution is 5.90. The fourth-order valence-electron chi connectivity index (χ4n) is 1.94. The molecule has 5 nitrogen and oxygen atoms in total. The number of carbonyl (C=O) groups excluding carboxylic acids is 1. The van der Waals surface area contributed by atoms with Gasteiger partial charge in [-0.3, -0.25) is 14.5 Å². The highest BCUT2D eigenvalue weighted by atomic mass is 16.4. The number of terminal acetylenes is 1. The maximum absolute atomic E-state index is 11.8. The molecule has 0 saturated heterocycles. The van der Waals surface area contributed by atoms with Crippen LogP contribution >= 0.6 is 0 Å². The van der Waals surface area contributed by atoms with Crippen LogP contribution in [0.4, 0.5) is 5.69 Å². The van der Waals surface area contributed by atoms with Crippen LogP contribution in [0.2, 0.25) is 0 Å². The smallest absolute Gasteiger partial charge is 0.317 e. The van der Waals surface area contributed by atoms with E-state index >= 15 is 0 Å². The molecule has 0 aliphatic carbocycles. The van der Waals surface area contributed by atoms with Crippen molar-refractivity contribution in [3.8, 4) is 12.3 Å². The summed E-state index contributed by atoms with van der Waals surface area (Å²) in [5.41, 5.74) is 1.85. The first kappa shape index (κ1) is 16.7. The molecule has 0 aliphatic heterocycles. The second-order valence-electron chi connectivity index (χ2n) is 4.83. The quantitative estimate of drug-likeness (QED) is 0.715. The van der Waals surface area contributed by atoms with Gasteiger partial charge >= 0.3 is 5.97 Å². The second-order valence-corrected chi connectivity index (χ2v) is 4.83. The summed E-state index contributed by atoms with van der Waals surface area (Å²) in [5, 5.41) is 11.6. The van der Waals surface area contributed by atoms with Crippen molar-refractivity contribution >= 4 is 17.6 Å². The van der Waals surface area contributed by atoms with Crippen molar-refractivity contribution in [3.63, 3.8) is 0 Å². The van der Waals surface area contributed by atoms with Crippen molar-refractivity contribution in [3.05, 3.63) is 29.8 Å². The highest BCUT2D eigenvalue weighted by Gasteiger charge is 2.09. The number of amides is 1. The number of aryl methyl sites for hydroxylation is 1. The summed E-state index contributed by atoms with van der Waals surface area (Å²) in [4.78, 5) is 24.1. The zero-order chi connectivity index (χ0) is 15.7. The molecule has 5 heteroatoms. The Morgan fingerprint density at radius 3 is 2.81 bits per heavy atom. The van der Waals surface area contributed by atoms with Crippen molar-refractivity contribution in [1.29, 1.82) is 0 Å². The van der Waals surface area contributed by atoms with E-state index in [-0.39, 0.29) is 19.0 Å². The van der Waals surface area contributed by atoms with Gasteiger partial charge in [-0.05, 0) is 31.0 Å². The lowest BCUT2D eigenvalue weighted by Crippen LogP contribution is -2.31. The molecule has 21 heavy (non-hydrogen) atoms. The number of nitrogens with zero attached hydrogens (tertiary/aromatic N) is 1. The second kappa shape index (κ2) is 8.77. The molecule has 0 fully saturated rings. The van der Waals surface area contributed by atoms with Crippen LogP contribution in [0.1, 0.15) is 18.4 Å². The minimum absolute atomic E-state index is 0.0865. The molecule has 112 valence electrons. The Kier molecular flexibility index (Phi) is 6.99. The molecule has 0 atom stereocenters. The first-order valence-electron chi connectivity index (χ1n) is 6.75. The van der Waals surface area contributed by atoms with E-state index < -0.39 is 5.97 Å². The van der Waals surface area contributed by atoms with Crippen LogP contribution in [-0.4, -0.2) is 41.5 Å². The number of anilines is 1. The van der Waals surface area contributed by atoms with Crippen LogP contribution < -0.4 is 5.32 Å². The van der Waals surface area contributed by atoms with Crippen molar-refractivity contribution in [2.45, 2.75) is 19.8 Å². The topological polar surface area (TPSA) is 69.6 Å². The minimum atomic E-state index is -0.922. The fraction of sp³-hybridized carbons (Fsp3) is 0.375. The van der Waals surface area contributed by atoms with Crippen LogP contribution in [0.5, 0.6) is 0 Å². The van der Waals surface area contributed by atoms with Gasteiger partial charge in [-0.1, -0.05) is 18.1 Å². The summed E-state index contributed by atoms with van der Waals surface area (Å²) in [5.74, 6) is 1.41. The van der Waals surface area contributed by atoms with Gasteiger partial charge in [0, 0.05) is 18.7 Å². The van der Waals surface area contributed by atoms with Gasteiger partial charge in [0.25, 0.3) is 0 Å². The van der Waals surface area contributed by atoms with Gasteiger partial charge in [-0.25, -0.2) is 0 Å². The average molecular weight is 288 g/mol. The number of aliphatic carboxylic acids is 1. The van der Waals surface area contributed by atoms with Crippen molar-refractivity contribution in [2.75, 3.05) is 25.0 Å². The molecule has 1 rings (SSSR count). The monoisotopic (exact) mass is 288 g/mol. The lowest BCUT2D eigenvalue weighted by molar-refractivity contribution is -0.138. The number of carboxylic acids is 1. The number of rotatable bonds is 8. The molecule has 1 aromatic rings. The van der Waals surface area contributed by atoms with Crippen molar-refractivity contribution < 1.29 is 14.7 Å². The van der Waals surface area contributed by atoms with Gasteiger partial charge in [-0.2, -0.15) is 0 Å². The number of benzene rings is 1. The molecule has 0 spiro atoms. The third kappa shape index (κ3) is 7.14. The molecule has 0 radical (unpaired) electrons. The fourth-order valence-corrected chi connectivity index (χ4v) is 1.94. The molecule has 0 saturated carbocycles. The molecule has 1 amide bonds. The molecule has 2 N–H and O–H groups in total. The Hall–Kier alpha value is -2.32. The predicted molar refractivity (Wildman–Crippen MR) is 82.0 cm³/mol. The van der Waals surface area contributed by atoms with Crippen LogP contribution in [0.15, 0.2) is 24.3 Å². The summed E-state index contributed by atoms with van der Waals surface area (Å²) in [6, 6.07) is 7.57. The van der Waals surface area contributed by atoms with Gasteiger partial charge in [-0.15, -0.1) is 6.42 Å². The van der Waals surface area contributed by atoms with E-state index in [1.165, 1.54) is 0 Å². The van der Waals surface area contributed by atoms with Gasteiger partial charge in [0.2, 0.25) is 5.91 Å². The first-order valence-corrected chi connectivity index (χ1v) is 6.75. The van der Waals surface area contributed by atoms with E-state index in [4.69, 9.17) is 11.5 Å². The SMILES string of the molecule is C#CCN(CCCC(=O)Nc1cccc(C)c1)CC(=O)O. The maximum atomic E-state index is 11.8. The Bertz CT molecular complexity index is 535. The Labute approximate surface area is 125 Å². The van der Waals surface area contributed by atoms with Crippen LogP contribution in [-0.2, 0) is 9.59 Å². The predicted octanol–water partition coefficient (Wildman–Crippen LogP) is 1.73. The number of hydrogen-bond donors (Lipinski definition) is 2. The van der Waals surface area contributed by atoms with Crippen LogP contribution in [0.25, 0.3) is 0 Å². The Morgan fingerprint density at radius 1 is 1.43 bits per heavy atom. The third-order valence-corrected chi connectivity index (χ3v) is 2.85. The minimum Gasteiger partial charge on any atom is -0.480 e. The number of nitrogens with one attached hydrogen (secondary N) is 1. The standard InChI is InChI=1S/C16H20N2O3/c1-3-9-18(12-16(20)21)10-5-8-15(19)17-14-7-4-6-13(2)11-14/h1,4,6-7,11H,5,8-10,12H2,2H3,(H,17,19)(H,20,21). The van der Waals surface area contributed by atoms with E-state index in [9.17, 15) is 9.59 Å². The molecular weight excluding hydrogens is 268 g/mol. The molecular formula is C16H20N2O3. The normalized spacial score (nSPS) is 10.1. The molecule has 1 aromatic carbocycles. The van der Waals surface area contributed by atoms with E-state index in [1.807, 2.05) is 31.2 Å². The lowest BCUT2D eigenvalue weighted by atomic mass is 10.2. The van der Waals surface area contributed by atoms with Crippen molar-refractivity contribution in [1.82, 2.24) is 4.90 Å². The Balaban J connectivity index is 2.35. The molecule has 0 bridgehead atoms. The summed E-state index contributed by atoms with van der Waals surface area (Å²) in [6.07, 6.45) is 6.08. The highest BCUT2D eigenvalue weighted by Crippen LogP contribution is 2.10. The van der Waals surface area contributed by atoms with E-state index in [0.29, 0.717) is 19.4 Å². The molecule has 0 aliphatic rings. The van der Waals surface area contributed by atoms with Gasteiger partial charge in [0.15, 0.2) is 0 Å². The van der Waals surface area contributed by atoms with Crippen LogP contribution in [0.3, 0.4) is 0 Å². The third-order valence-electron chi connectivity index (χ3n) is 2.85. The molecule has 0 aromatic heterocycles. The zero-order valence-corrected chi connectivity index (χ0v) is 12.1. The largest absolute Gasteiger partial charge is 0.480 e. The van der Waals surface area contributed by atoms with Gasteiger partial charge < -0.3 is 10.4 Å². The van der Waals surface area contributed by atoms with Crippen molar-refractivity contribution in [2.24, 2.45) is 0 Å². The van der Waals surface area contributed by atoms with Gasteiger partial charge in [0.05, 0.1) is 13.1 Å². The summed E-state index contributed by atoms with van der Waals surface area (Å²) >= 11 is 0. The lowest BCUT2D eigenvalue weighted by Gasteiger charge is -2.16. The van der Waals surface area contributed by atoms with E-state index in [2.05, 4.69) is 11.2 Å². The summed E-state index contributed by atoms with van der Waals surface area (Å²) in [7, 11) is 0. The van der Waals surface area contributed by atoms with Crippen LogP contribution in [0, 0.1) is 19.3 Å². The first-order chi connectivity index (χ1) is 10.0. The molecule has 0 heterocycles. The molecule has 0 unspecified atom stereocenters. The van der Waals surface area contributed by atoms with Gasteiger partial charge in [0.1, 0.15) is 0 Å². The summed E-state index contributed by atoms with van der Waals surface area (Å²) < 4.78 is 0. The van der Waals surface area contributed by atoms with E-state index in [0.717, 1.165) is 11.3 Å². The number of hydrogen-bond acceptors (Lipinski definition) is 3. The Morgan fingerprint density at radius 2 is 2.19 bits per heavy atom. The average Bonchev–Trinajstić information content (AvgIpc) is 2.38. The number of carboxylic acid groups (broad SMARTS) is 1. The number of carbonyl (C=O) groups is 2. The summed E-state index contributed by atoms with van der Waals surface area (Å²) in [6.45, 7) is 2.60. The van der Waals surface area contributed by atoms with E-state index in [1.54, 1.807) is 4.90 Å². The maximum Gasteiger partial charge on any atom is 0.317 e.